The molecule has 0 saturated carbocycles. The molecular formula is C16H26BrN3. The molecule has 1 aliphatic heterocycles. The molecule has 2 N–H and O–H groups in total. The number of hydrogen-bond acceptors (Lipinski definition) is 3. The predicted molar refractivity (Wildman–Crippen MR) is 88.8 cm³/mol. The van der Waals surface area contributed by atoms with E-state index in [0.717, 1.165) is 24.1 Å². The van der Waals surface area contributed by atoms with E-state index in [4.69, 9.17) is 5.73 Å². The number of piperazine rings is 1. The molecular weight excluding hydrogens is 314 g/mol. The van der Waals surface area contributed by atoms with Gasteiger partial charge >= 0.3 is 0 Å². The molecule has 2 rings (SSSR count). The van der Waals surface area contributed by atoms with Gasteiger partial charge in [-0.1, -0.05) is 34.1 Å². The summed E-state index contributed by atoms with van der Waals surface area (Å²) in [4.78, 5) is 4.96. The average Bonchev–Trinajstić information content (AvgIpc) is 2.36. The first-order valence-electron chi connectivity index (χ1n) is 7.28. The van der Waals surface area contributed by atoms with Gasteiger partial charge in [-0.05, 0) is 39.4 Å². The number of rotatable bonds is 3. The summed E-state index contributed by atoms with van der Waals surface area (Å²) in [6, 6.07) is 8.80. The zero-order valence-electron chi connectivity index (χ0n) is 12.9. The van der Waals surface area contributed by atoms with Crippen LogP contribution < -0.4 is 5.73 Å². The molecule has 3 nitrogen and oxygen atoms in total. The Morgan fingerprint density at radius 3 is 2.45 bits per heavy atom. The molecule has 2 atom stereocenters. The van der Waals surface area contributed by atoms with Gasteiger partial charge in [0.15, 0.2) is 0 Å². The van der Waals surface area contributed by atoms with Crippen LogP contribution in [-0.4, -0.2) is 48.1 Å². The highest BCUT2D eigenvalue weighted by molar-refractivity contribution is 9.10. The molecule has 0 bridgehead atoms. The number of nitrogens with zero attached hydrogens (tertiary/aromatic N) is 2. The van der Waals surface area contributed by atoms with Crippen molar-refractivity contribution in [1.29, 1.82) is 0 Å². The van der Waals surface area contributed by atoms with Crippen molar-refractivity contribution in [2.45, 2.75) is 38.4 Å². The molecule has 2 unspecified atom stereocenters. The van der Waals surface area contributed by atoms with Gasteiger partial charge in [-0.2, -0.15) is 0 Å². The smallest absolute Gasteiger partial charge is 0.0508 e. The van der Waals surface area contributed by atoms with Crippen molar-refractivity contribution in [3.8, 4) is 0 Å². The fraction of sp³-hybridized carbons (Fsp3) is 0.625. The summed E-state index contributed by atoms with van der Waals surface area (Å²) >= 11 is 3.68. The van der Waals surface area contributed by atoms with Crippen molar-refractivity contribution in [2.75, 3.05) is 26.7 Å². The molecule has 112 valence electrons. The monoisotopic (exact) mass is 339 g/mol. The van der Waals surface area contributed by atoms with E-state index < -0.39 is 0 Å². The van der Waals surface area contributed by atoms with Gasteiger partial charge in [0, 0.05) is 35.7 Å². The molecule has 1 aliphatic rings. The van der Waals surface area contributed by atoms with Crippen molar-refractivity contribution < 1.29 is 0 Å². The standard InChI is InChI=1S/C16H26BrN3/c1-12(18)15(13-7-5-6-8-14(13)17)20-10-9-19(4)16(2,3)11-20/h5-8,12,15H,9-11,18H2,1-4H3. The third kappa shape index (κ3) is 3.25. The zero-order chi connectivity index (χ0) is 14.9. The molecule has 4 heteroatoms. The molecule has 1 saturated heterocycles. The van der Waals surface area contributed by atoms with Crippen LogP contribution in [0.1, 0.15) is 32.4 Å². The Labute approximate surface area is 131 Å². The van der Waals surface area contributed by atoms with Crippen LogP contribution in [0.25, 0.3) is 0 Å². The fourth-order valence-electron chi connectivity index (χ4n) is 3.04. The highest BCUT2D eigenvalue weighted by Gasteiger charge is 2.36. The second-order valence-electron chi connectivity index (χ2n) is 6.53. The minimum absolute atomic E-state index is 0.105. The van der Waals surface area contributed by atoms with Crippen LogP contribution in [0.5, 0.6) is 0 Å². The van der Waals surface area contributed by atoms with Gasteiger partial charge in [-0.25, -0.2) is 0 Å². The molecule has 0 aromatic heterocycles. The zero-order valence-corrected chi connectivity index (χ0v) is 14.5. The van der Waals surface area contributed by atoms with E-state index in [1.165, 1.54) is 5.56 Å². The van der Waals surface area contributed by atoms with E-state index in [0.29, 0.717) is 0 Å². The van der Waals surface area contributed by atoms with Gasteiger partial charge in [0.2, 0.25) is 0 Å². The topological polar surface area (TPSA) is 32.5 Å². The van der Waals surface area contributed by atoms with Crippen LogP contribution in [0.3, 0.4) is 0 Å². The largest absolute Gasteiger partial charge is 0.326 e. The van der Waals surface area contributed by atoms with Crippen molar-refractivity contribution in [3.63, 3.8) is 0 Å². The van der Waals surface area contributed by atoms with Crippen molar-refractivity contribution in [3.05, 3.63) is 34.3 Å². The SMILES string of the molecule is CC(N)C(c1ccccc1Br)N1CCN(C)C(C)(C)C1. The quantitative estimate of drug-likeness (QED) is 0.918. The molecule has 0 amide bonds. The van der Waals surface area contributed by atoms with Crippen LogP contribution in [0, 0.1) is 0 Å². The maximum atomic E-state index is 6.32. The predicted octanol–water partition coefficient (Wildman–Crippen LogP) is 2.86. The highest BCUT2D eigenvalue weighted by atomic mass is 79.9. The maximum absolute atomic E-state index is 6.32. The molecule has 0 spiro atoms. The second kappa shape index (κ2) is 6.14. The summed E-state index contributed by atoms with van der Waals surface area (Å²) < 4.78 is 1.15. The maximum Gasteiger partial charge on any atom is 0.0508 e. The lowest BCUT2D eigenvalue weighted by Gasteiger charge is -2.49. The number of hydrogen-bond donors (Lipinski definition) is 1. The molecule has 1 aromatic rings. The van der Waals surface area contributed by atoms with E-state index >= 15 is 0 Å². The Bertz CT molecular complexity index is 459. The lowest BCUT2D eigenvalue weighted by atomic mass is 9.93. The summed E-state index contributed by atoms with van der Waals surface area (Å²) in [5.74, 6) is 0. The highest BCUT2D eigenvalue weighted by Crippen LogP contribution is 2.33. The third-order valence-corrected chi connectivity index (χ3v) is 5.18. The van der Waals surface area contributed by atoms with Crippen molar-refractivity contribution in [2.24, 2.45) is 5.73 Å². The Hall–Kier alpha value is -0.420. The normalized spacial score (nSPS) is 23.5. The lowest BCUT2D eigenvalue weighted by molar-refractivity contribution is 0.0111. The third-order valence-electron chi connectivity index (χ3n) is 4.46. The Morgan fingerprint density at radius 2 is 1.90 bits per heavy atom. The summed E-state index contributed by atoms with van der Waals surface area (Å²) in [6.45, 7) is 9.90. The summed E-state index contributed by atoms with van der Waals surface area (Å²) in [6.07, 6.45) is 0. The van der Waals surface area contributed by atoms with Crippen LogP contribution in [-0.2, 0) is 0 Å². The van der Waals surface area contributed by atoms with E-state index in [2.05, 4.69) is 77.8 Å². The summed E-state index contributed by atoms with van der Waals surface area (Å²) in [5, 5.41) is 0. The van der Waals surface area contributed by atoms with Gasteiger partial charge in [-0.15, -0.1) is 0 Å². The van der Waals surface area contributed by atoms with Crippen LogP contribution in [0.2, 0.25) is 0 Å². The molecule has 1 fully saturated rings. The van der Waals surface area contributed by atoms with E-state index in [9.17, 15) is 0 Å². The van der Waals surface area contributed by atoms with Crippen LogP contribution >= 0.6 is 15.9 Å². The van der Waals surface area contributed by atoms with Gasteiger partial charge in [0.05, 0.1) is 6.04 Å². The number of halogens is 1. The van der Waals surface area contributed by atoms with E-state index in [1.807, 2.05) is 0 Å². The van der Waals surface area contributed by atoms with Crippen LogP contribution in [0.15, 0.2) is 28.7 Å². The summed E-state index contributed by atoms with van der Waals surface area (Å²) in [7, 11) is 2.21. The minimum Gasteiger partial charge on any atom is -0.326 e. The van der Waals surface area contributed by atoms with Gasteiger partial charge in [-0.3, -0.25) is 9.80 Å². The van der Waals surface area contributed by atoms with E-state index in [1.54, 1.807) is 0 Å². The van der Waals surface area contributed by atoms with Crippen LogP contribution in [0.4, 0.5) is 0 Å². The Kier molecular flexibility index (Phi) is 4.90. The number of likely N-dealkylation sites (N-methyl/N-ethyl adjacent to an activating group) is 1. The molecule has 0 aliphatic carbocycles. The Morgan fingerprint density at radius 1 is 1.25 bits per heavy atom. The van der Waals surface area contributed by atoms with Gasteiger partial charge in [0.25, 0.3) is 0 Å². The molecule has 20 heavy (non-hydrogen) atoms. The van der Waals surface area contributed by atoms with Crippen molar-refractivity contribution >= 4 is 15.9 Å². The van der Waals surface area contributed by atoms with Gasteiger partial charge < -0.3 is 5.73 Å². The number of nitrogens with two attached hydrogens (primary N) is 1. The second-order valence-corrected chi connectivity index (χ2v) is 7.38. The van der Waals surface area contributed by atoms with Crippen molar-refractivity contribution in [1.82, 2.24) is 9.80 Å². The van der Waals surface area contributed by atoms with E-state index in [-0.39, 0.29) is 17.6 Å². The first kappa shape index (κ1) is 16.0. The van der Waals surface area contributed by atoms with Gasteiger partial charge in [0.1, 0.15) is 0 Å². The fourth-order valence-corrected chi connectivity index (χ4v) is 3.56. The minimum atomic E-state index is 0.105. The first-order valence-corrected chi connectivity index (χ1v) is 8.07. The molecule has 1 heterocycles. The lowest BCUT2D eigenvalue weighted by Crippen LogP contribution is -2.59. The average molecular weight is 340 g/mol. The summed E-state index contributed by atoms with van der Waals surface area (Å²) in [5.41, 5.74) is 7.80. The molecule has 0 radical (unpaired) electrons. The Balaban J connectivity index is 2.29. The first-order chi connectivity index (χ1) is 9.33. The number of benzene rings is 1. The molecule has 1 aromatic carbocycles.